The molecule has 0 aliphatic rings. The Hall–Kier alpha value is -1.22. The average Bonchev–Trinajstić information content (AvgIpc) is 2.64. The molecular formula is C22H31Cl2NO. The van der Waals surface area contributed by atoms with Crippen LogP contribution in [-0.2, 0) is 13.0 Å². The van der Waals surface area contributed by atoms with Gasteiger partial charge in [0.05, 0.1) is 0 Å². The maximum absolute atomic E-state index is 6.10. The van der Waals surface area contributed by atoms with E-state index in [0.29, 0.717) is 12.5 Å². The van der Waals surface area contributed by atoms with Crippen molar-refractivity contribution >= 4 is 24.0 Å². The third kappa shape index (κ3) is 8.44. The van der Waals surface area contributed by atoms with Crippen molar-refractivity contribution in [3.8, 4) is 5.75 Å². The molecule has 0 saturated carbocycles. The van der Waals surface area contributed by atoms with Crippen molar-refractivity contribution in [3.05, 3.63) is 65.7 Å². The second-order valence-corrected chi connectivity index (χ2v) is 6.74. The summed E-state index contributed by atoms with van der Waals surface area (Å²) in [5.41, 5.74) is 2.63. The zero-order valence-electron chi connectivity index (χ0n) is 15.7. The number of nitrogens with zero attached hydrogens (tertiary/aromatic N) is 1. The maximum atomic E-state index is 6.10. The fourth-order valence-corrected chi connectivity index (χ4v) is 3.17. The summed E-state index contributed by atoms with van der Waals surface area (Å²) in [5.74, 6) is 1.67. The number of para-hydroxylation sites is 1. The van der Waals surface area contributed by atoms with Crippen LogP contribution in [0.25, 0.3) is 0 Å². The van der Waals surface area contributed by atoms with Crippen LogP contribution in [0.5, 0.6) is 5.75 Å². The highest BCUT2D eigenvalue weighted by molar-refractivity contribution is 6.18. The first kappa shape index (κ1) is 22.8. The molecule has 0 heterocycles. The zero-order valence-corrected chi connectivity index (χ0v) is 17.3. The lowest BCUT2D eigenvalue weighted by Gasteiger charge is -2.22. The van der Waals surface area contributed by atoms with Crippen LogP contribution in [0.15, 0.2) is 54.6 Å². The summed E-state index contributed by atoms with van der Waals surface area (Å²) in [6.45, 7) is 5.59. The minimum atomic E-state index is 0. The second kappa shape index (κ2) is 13.9. The molecule has 2 aromatic rings. The van der Waals surface area contributed by atoms with Crippen molar-refractivity contribution in [2.45, 2.75) is 39.2 Å². The van der Waals surface area contributed by atoms with E-state index >= 15 is 0 Å². The van der Waals surface area contributed by atoms with Crippen LogP contribution in [0.2, 0.25) is 0 Å². The van der Waals surface area contributed by atoms with Gasteiger partial charge in [0.1, 0.15) is 12.4 Å². The van der Waals surface area contributed by atoms with E-state index < -0.39 is 0 Å². The molecule has 0 N–H and O–H groups in total. The number of aryl methyl sites for hydroxylation is 1. The SMILES string of the molecule is CCCCCc1ccccc1OCCN(CCCl)Cc1ccccc1.Cl. The Morgan fingerprint density at radius 2 is 1.65 bits per heavy atom. The number of unbranched alkanes of at least 4 members (excludes halogenated alkanes) is 2. The van der Waals surface area contributed by atoms with Gasteiger partial charge in [-0.3, -0.25) is 4.90 Å². The fraction of sp³-hybridized carbons (Fsp3) is 0.455. The number of hydrogen-bond donors (Lipinski definition) is 0. The molecule has 26 heavy (non-hydrogen) atoms. The van der Waals surface area contributed by atoms with Crippen molar-refractivity contribution in [2.24, 2.45) is 0 Å². The van der Waals surface area contributed by atoms with E-state index in [9.17, 15) is 0 Å². The summed E-state index contributed by atoms with van der Waals surface area (Å²) in [7, 11) is 0. The number of halogens is 2. The molecule has 0 aliphatic carbocycles. The largest absolute Gasteiger partial charge is 0.492 e. The second-order valence-electron chi connectivity index (χ2n) is 6.36. The van der Waals surface area contributed by atoms with Crippen LogP contribution >= 0.6 is 24.0 Å². The topological polar surface area (TPSA) is 12.5 Å². The molecule has 4 heteroatoms. The molecule has 0 radical (unpaired) electrons. The Morgan fingerprint density at radius 3 is 2.38 bits per heavy atom. The lowest BCUT2D eigenvalue weighted by atomic mass is 10.1. The van der Waals surface area contributed by atoms with Crippen LogP contribution in [0.1, 0.15) is 37.3 Å². The summed E-state index contributed by atoms with van der Waals surface area (Å²) in [5, 5.41) is 0. The first-order valence-corrected chi connectivity index (χ1v) is 9.90. The molecule has 0 fully saturated rings. The molecule has 2 rings (SSSR count). The normalized spacial score (nSPS) is 10.6. The minimum absolute atomic E-state index is 0. The average molecular weight is 396 g/mol. The van der Waals surface area contributed by atoms with Crippen molar-refractivity contribution in [1.82, 2.24) is 4.90 Å². The predicted molar refractivity (Wildman–Crippen MR) is 115 cm³/mol. The lowest BCUT2D eigenvalue weighted by molar-refractivity contribution is 0.210. The number of alkyl halides is 1. The van der Waals surface area contributed by atoms with Crippen molar-refractivity contribution < 1.29 is 4.74 Å². The molecule has 0 aromatic heterocycles. The molecule has 0 bridgehead atoms. The molecule has 0 spiro atoms. The Balaban J connectivity index is 0.00000338. The molecule has 0 aliphatic heterocycles. The van der Waals surface area contributed by atoms with E-state index in [4.69, 9.17) is 16.3 Å². The van der Waals surface area contributed by atoms with Gasteiger partial charge < -0.3 is 4.74 Å². The van der Waals surface area contributed by atoms with Gasteiger partial charge in [0.15, 0.2) is 0 Å². The van der Waals surface area contributed by atoms with Gasteiger partial charge in [-0.2, -0.15) is 0 Å². The molecule has 0 atom stereocenters. The number of hydrogen-bond acceptors (Lipinski definition) is 2. The smallest absolute Gasteiger partial charge is 0.122 e. The van der Waals surface area contributed by atoms with Crippen LogP contribution < -0.4 is 4.74 Å². The number of benzene rings is 2. The van der Waals surface area contributed by atoms with E-state index in [-0.39, 0.29) is 12.4 Å². The zero-order chi connectivity index (χ0) is 17.7. The molecule has 2 aromatic carbocycles. The van der Waals surface area contributed by atoms with E-state index in [1.165, 1.54) is 30.4 Å². The summed E-state index contributed by atoms with van der Waals surface area (Å²) in [6.07, 6.45) is 4.84. The third-order valence-corrected chi connectivity index (χ3v) is 4.51. The maximum Gasteiger partial charge on any atom is 0.122 e. The van der Waals surface area contributed by atoms with Crippen LogP contribution in [-0.4, -0.2) is 30.5 Å². The highest BCUT2D eigenvalue weighted by atomic mass is 35.5. The third-order valence-electron chi connectivity index (χ3n) is 4.34. The molecule has 0 saturated heterocycles. The first-order valence-electron chi connectivity index (χ1n) is 9.36. The Morgan fingerprint density at radius 1 is 0.923 bits per heavy atom. The molecule has 144 valence electrons. The van der Waals surface area contributed by atoms with Crippen LogP contribution in [0.3, 0.4) is 0 Å². The minimum Gasteiger partial charge on any atom is -0.492 e. The van der Waals surface area contributed by atoms with Crippen LogP contribution in [0.4, 0.5) is 0 Å². The van der Waals surface area contributed by atoms with Gasteiger partial charge in [-0.15, -0.1) is 24.0 Å². The van der Waals surface area contributed by atoms with Gasteiger partial charge in [-0.1, -0.05) is 68.3 Å². The molecular weight excluding hydrogens is 365 g/mol. The molecule has 2 nitrogen and oxygen atoms in total. The summed E-state index contributed by atoms with van der Waals surface area (Å²) < 4.78 is 6.10. The Bertz CT molecular complexity index is 592. The van der Waals surface area contributed by atoms with E-state index in [1.807, 2.05) is 6.07 Å². The fourth-order valence-electron chi connectivity index (χ4n) is 2.93. The molecule has 0 amide bonds. The highest BCUT2D eigenvalue weighted by Crippen LogP contribution is 2.20. The van der Waals surface area contributed by atoms with Gasteiger partial charge >= 0.3 is 0 Å². The highest BCUT2D eigenvalue weighted by Gasteiger charge is 2.07. The van der Waals surface area contributed by atoms with Crippen molar-refractivity contribution in [1.29, 1.82) is 0 Å². The van der Waals surface area contributed by atoms with E-state index in [0.717, 1.165) is 31.8 Å². The summed E-state index contributed by atoms with van der Waals surface area (Å²) in [6, 6.07) is 19.0. The first-order chi connectivity index (χ1) is 12.3. The summed E-state index contributed by atoms with van der Waals surface area (Å²) >= 11 is 5.97. The van der Waals surface area contributed by atoms with Crippen molar-refractivity contribution in [2.75, 3.05) is 25.6 Å². The standard InChI is InChI=1S/C22H30ClNO.ClH/c1-2-3-5-12-21-13-8-9-14-22(21)25-18-17-24(16-15-23)19-20-10-6-4-7-11-20;/h4,6-11,13-14H,2-3,5,12,15-19H2,1H3;1H. The van der Waals surface area contributed by atoms with Gasteiger partial charge in [-0.25, -0.2) is 0 Å². The quantitative estimate of drug-likeness (QED) is 0.324. The Kier molecular flexibility index (Phi) is 12.2. The Labute approximate surface area is 169 Å². The number of rotatable bonds is 12. The lowest BCUT2D eigenvalue weighted by Crippen LogP contribution is -2.30. The molecule has 0 unspecified atom stereocenters. The van der Waals surface area contributed by atoms with Crippen LogP contribution in [0, 0.1) is 0 Å². The monoisotopic (exact) mass is 395 g/mol. The van der Waals surface area contributed by atoms with Crippen molar-refractivity contribution in [3.63, 3.8) is 0 Å². The van der Waals surface area contributed by atoms with E-state index in [2.05, 4.69) is 60.4 Å². The van der Waals surface area contributed by atoms with Gasteiger partial charge in [0.2, 0.25) is 0 Å². The predicted octanol–water partition coefficient (Wildman–Crippen LogP) is 5.96. The number of ether oxygens (including phenoxy) is 1. The van der Waals surface area contributed by atoms with E-state index in [1.54, 1.807) is 0 Å². The van der Waals surface area contributed by atoms with Gasteiger partial charge in [0.25, 0.3) is 0 Å². The van der Waals surface area contributed by atoms with Gasteiger partial charge in [-0.05, 0) is 30.0 Å². The van der Waals surface area contributed by atoms with Gasteiger partial charge in [0, 0.05) is 25.5 Å². The summed E-state index contributed by atoms with van der Waals surface area (Å²) in [4.78, 5) is 2.35.